The fourth-order valence-corrected chi connectivity index (χ4v) is 2.80. The van der Waals surface area contributed by atoms with Gasteiger partial charge in [0, 0.05) is 15.6 Å². The Morgan fingerprint density at radius 3 is 2.32 bits per heavy atom. The van der Waals surface area contributed by atoms with E-state index < -0.39 is 34.4 Å². The van der Waals surface area contributed by atoms with Gasteiger partial charge in [0.15, 0.2) is 0 Å². The summed E-state index contributed by atoms with van der Waals surface area (Å²) in [5.74, 6) is -3.08. The summed E-state index contributed by atoms with van der Waals surface area (Å²) in [7, 11) is 0. The quantitative estimate of drug-likeness (QED) is 0.592. The van der Waals surface area contributed by atoms with Crippen LogP contribution < -0.4 is 16.0 Å². The fraction of sp³-hybridized carbons (Fsp3) is 0.188. The van der Waals surface area contributed by atoms with Crippen LogP contribution in [0.2, 0.25) is 0 Å². The molecule has 2 rings (SSSR count). The highest BCUT2D eigenvalue weighted by Gasteiger charge is 2.28. The number of aromatic carboxylic acids is 2. The van der Waals surface area contributed by atoms with Crippen molar-refractivity contribution in [3.8, 4) is 16.9 Å². The average molecular weight is 411 g/mol. The SMILES string of the molecule is CC(C)Oc1ccc(Br)c(-c2c(C(=O)O)c(N)[nH]c(=O)c2C(=O)O)c1. The summed E-state index contributed by atoms with van der Waals surface area (Å²) >= 11 is 3.25. The number of carboxylic acids is 2. The number of carbonyl (C=O) groups is 2. The molecule has 0 amide bonds. The van der Waals surface area contributed by atoms with E-state index in [0.717, 1.165) is 0 Å². The van der Waals surface area contributed by atoms with Crippen molar-refractivity contribution in [3.63, 3.8) is 0 Å². The van der Waals surface area contributed by atoms with E-state index in [0.29, 0.717) is 10.2 Å². The van der Waals surface area contributed by atoms with Gasteiger partial charge >= 0.3 is 11.9 Å². The molecule has 0 spiro atoms. The van der Waals surface area contributed by atoms with Crippen molar-refractivity contribution < 1.29 is 24.5 Å². The molecule has 2 aromatic rings. The van der Waals surface area contributed by atoms with Crippen molar-refractivity contribution in [2.45, 2.75) is 20.0 Å². The molecule has 5 N–H and O–H groups in total. The van der Waals surface area contributed by atoms with Crippen LogP contribution in [-0.2, 0) is 0 Å². The molecule has 132 valence electrons. The molecular weight excluding hydrogens is 396 g/mol. The first kappa shape index (κ1) is 18.5. The summed E-state index contributed by atoms with van der Waals surface area (Å²) < 4.78 is 5.95. The van der Waals surface area contributed by atoms with Crippen molar-refractivity contribution in [1.82, 2.24) is 4.98 Å². The molecule has 0 aliphatic rings. The van der Waals surface area contributed by atoms with E-state index in [9.17, 15) is 24.6 Å². The van der Waals surface area contributed by atoms with E-state index in [1.807, 2.05) is 0 Å². The number of rotatable bonds is 5. The Hall–Kier alpha value is -2.81. The van der Waals surface area contributed by atoms with Crippen molar-refractivity contribution in [2.24, 2.45) is 0 Å². The monoisotopic (exact) mass is 410 g/mol. The highest BCUT2D eigenvalue weighted by atomic mass is 79.9. The molecule has 0 aliphatic carbocycles. The van der Waals surface area contributed by atoms with Crippen molar-refractivity contribution in [1.29, 1.82) is 0 Å². The van der Waals surface area contributed by atoms with Crippen molar-refractivity contribution in [2.75, 3.05) is 5.73 Å². The first-order valence-corrected chi connectivity index (χ1v) is 7.91. The number of carboxylic acid groups (broad SMARTS) is 2. The second kappa shape index (κ2) is 6.98. The number of H-pyrrole nitrogens is 1. The van der Waals surface area contributed by atoms with Gasteiger partial charge in [0.1, 0.15) is 22.7 Å². The summed E-state index contributed by atoms with van der Waals surface area (Å²) in [4.78, 5) is 37.3. The summed E-state index contributed by atoms with van der Waals surface area (Å²) in [5, 5.41) is 18.9. The number of benzene rings is 1. The van der Waals surface area contributed by atoms with Gasteiger partial charge < -0.3 is 25.7 Å². The molecule has 0 radical (unpaired) electrons. The molecule has 0 saturated carbocycles. The van der Waals surface area contributed by atoms with Crippen LogP contribution in [0.5, 0.6) is 5.75 Å². The van der Waals surface area contributed by atoms with Gasteiger partial charge in [0.25, 0.3) is 5.56 Å². The van der Waals surface area contributed by atoms with Gasteiger partial charge in [0.2, 0.25) is 0 Å². The first-order chi connectivity index (χ1) is 11.6. The molecule has 1 heterocycles. The van der Waals surface area contributed by atoms with Crippen LogP contribution in [-0.4, -0.2) is 33.2 Å². The van der Waals surface area contributed by atoms with E-state index in [1.165, 1.54) is 6.07 Å². The third kappa shape index (κ3) is 3.66. The van der Waals surface area contributed by atoms with Crippen LogP contribution in [0.4, 0.5) is 5.82 Å². The van der Waals surface area contributed by atoms with Crippen LogP contribution in [0.25, 0.3) is 11.1 Å². The Morgan fingerprint density at radius 1 is 1.20 bits per heavy atom. The number of aromatic amines is 1. The third-order valence-electron chi connectivity index (χ3n) is 3.25. The topological polar surface area (TPSA) is 143 Å². The lowest BCUT2D eigenvalue weighted by Gasteiger charge is -2.16. The second-order valence-electron chi connectivity index (χ2n) is 5.41. The predicted octanol–water partition coefficient (Wildman–Crippen LogP) is 2.57. The Bertz CT molecular complexity index is 920. The molecule has 0 atom stereocenters. The number of nitrogen functional groups attached to an aromatic ring is 1. The first-order valence-electron chi connectivity index (χ1n) is 7.12. The molecule has 25 heavy (non-hydrogen) atoms. The molecular formula is C16H15BrN2O6. The molecule has 9 heteroatoms. The van der Waals surface area contributed by atoms with E-state index in [2.05, 4.69) is 20.9 Å². The molecule has 0 bridgehead atoms. The van der Waals surface area contributed by atoms with Crippen LogP contribution >= 0.6 is 15.9 Å². The fourth-order valence-electron chi connectivity index (χ4n) is 2.36. The summed E-state index contributed by atoms with van der Waals surface area (Å²) in [5.41, 5.74) is 3.30. The smallest absolute Gasteiger partial charge is 0.342 e. The summed E-state index contributed by atoms with van der Waals surface area (Å²) in [6, 6.07) is 4.66. The average Bonchev–Trinajstić information content (AvgIpc) is 2.46. The standard InChI is InChI=1S/C16H15BrN2O6/c1-6(2)25-7-3-4-9(17)8(5-7)10-11(15(21)22)13(18)19-14(20)12(10)16(23)24/h3-6H,1-2H3,(H,21,22)(H,23,24)(H3,18,19,20). The van der Waals surface area contributed by atoms with Gasteiger partial charge in [-0.15, -0.1) is 0 Å². The third-order valence-corrected chi connectivity index (χ3v) is 3.94. The number of pyridine rings is 1. The van der Waals surface area contributed by atoms with Gasteiger partial charge in [-0.3, -0.25) is 4.79 Å². The molecule has 1 aromatic carbocycles. The lowest BCUT2D eigenvalue weighted by Crippen LogP contribution is -2.24. The Balaban J connectivity index is 2.93. The van der Waals surface area contributed by atoms with E-state index >= 15 is 0 Å². The largest absolute Gasteiger partial charge is 0.491 e. The Kier molecular flexibility index (Phi) is 5.17. The van der Waals surface area contributed by atoms with Crippen LogP contribution in [0.1, 0.15) is 34.6 Å². The number of hydrogen-bond acceptors (Lipinski definition) is 5. The number of halogens is 1. The van der Waals surface area contributed by atoms with Gasteiger partial charge in [0.05, 0.1) is 6.10 Å². The minimum atomic E-state index is -1.57. The molecule has 0 fully saturated rings. The number of anilines is 1. The number of aromatic nitrogens is 1. The second-order valence-corrected chi connectivity index (χ2v) is 6.27. The molecule has 0 unspecified atom stereocenters. The maximum atomic E-state index is 12.1. The lowest BCUT2D eigenvalue weighted by atomic mass is 9.95. The van der Waals surface area contributed by atoms with Gasteiger partial charge in [-0.1, -0.05) is 15.9 Å². The summed E-state index contributed by atoms with van der Waals surface area (Å²) in [6.07, 6.45) is -0.156. The van der Waals surface area contributed by atoms with Crippen LogP contribution in [0, 0.1) is 0 Å². The lowest BCUT2D eigenvalue weighted by molar-refractivity contribution is 0.0695. The van der Waals surface area contributed by atoms with Crippen molar-refractivity contribution >= 4 is 33.7 Å². The highest BCUT2D eigenvalue weighted by Crippen LogP contribution is 2.36. The molecule has 1 aromatic heterocycles. The summed E-state index contributed by atoms with van der Waals surface area (Å²) in [6.45, 7) is 3.61. The minimum absolute atomic E-state index is 0.156. The molecule has 0 saturated heterocycles. The van der Waals surface area contributed by atoms with Crippen molar-refractivity contribution in [3.05, 3.63) is 44.2 Å². The van der Waals surface area contributed by atoms with Gasteiger partial charge in [-0.05, 0) is 32.0 Å². The van der Waals surface area contributed by atoms with Crippen LogP contribution in [0.15, 0.2) is 27.5 Å². The van der Waals surface area contributed by atoms with Crippen LogP contribution in [0.3, 0.4) is 0 Å². The van der Waals surface area contributed by atoms with E-state index in [4.69, 9.17) is 10.5 Å². The normalized spacial score (nSPS) is 10.7. The van der Waals surface area contributed by atoms with Gasteiger partial charge in [-0.2, -0.15) is 0 Å². The molecule has 0 aliphatic heterocycles. The number of nitrogens with two attached hydrogens (primary N) is 1. The number of hydrogen-bond donors (Lipinski definition) is 4. The van der Waals surface area contributed by atoms with Gasteiger partial charge in [-0.25, -0.2) is 9.59 Å². The Morgan fingerprint density at radius 2 is 1.80 bits per heavy atom. The maximum absolute atomic E-state index is 12.1. The maximum Gasteiger partial charge on any atom is 0.342 e. The van der Waals surface area contributed by atoms with E-state index in [1.54, 1.807) is 26.0 Å². The molecule has 8 nitrogen and oxygen atoms in total. The number of nitrogens with one attached hydrogen (secondary N) is 1. The highest BCUT2D eigenvalue weighted by molar-refractivity contribution is 9.10. The number of ether oxygens (including phenoxy) is 1. The van der Waals surface area contributed by atoms with E-state index in [-0.39, 0.29) is 17.2 Å². The predicted molar refractivity (Wildman–Crippen MR) is 94.3 cm³/mol. The Labute approximate surface area is 150 Å². The zero-order chi connectivity index (χ0) is 18.9. The zero-order valence-electron chi connectivity index (χ0n) is 13.3. The zero-order valence-corrected chi connectivity index (χ0v) is 14.9. The minimum Gasteiger partial charge on any atom is -0.491 e.